The molecule has 4 heterocycles. The second kappa shape index (κ2) is 11.6. The molecule has 6 rings (SSSR count). The van der Waals surface area contributed by atoms with Crippen molar-refractivity contribution in [1.82, 2.24) is 19.8 Å². The summed E-state index contributed by atoms with van der Waals surface area (Å²) < 4.78 is 8.08. The van der Waals surface area contributed by atoms with Gasteiger partial charge >= 0.3 is 5.69 Å². The van der Waals surface area contributed by atoms with Gasteiger partial charge in [-0.25, -0.2) is 4.79 Å². The van der Waals surface area contributed by atoms with E-state index in [0.29, 0.717) is 17.5 Å². The van der Waals surface area contributed by atoms with Gasteiger partial charge in [0.2, 0.25) is 0 Å². The van der Waals surface area contributed by atoms with E-state index in [1.165, 1.54) is 76.6 Å². The molecule has 0 amide bonds. The molecule has 37 heavy (non-hydrogen) atoms. The van der Waals surface area contributed by atoms with Crippen LogP contribution in [-0.2, 0) is 0 Å². The van der Waals surface area contributed by atoms with E-state index in [1.54, 1.807) is 0 Å². The zero-order valence-corrected chi connectivity index (χ0v) is 22.2. The highest BCUT2D eigenvalue weighted by molar-refractivity contribution is 5.73. The molecule has 7 nitrogen and oxygen atoms in total. The fourth-order valence-corrected chi connectivity index (χ4v) is 6.93. The Morgan fingerprint density at radius 2 is 1.76 bits per heavy atom. The number of aromatic nitrogens is 2. The first-order valence-corrected chi connectivity index (χ1v) is 14.9. The van der Waals surface area contributed by atoms with E-state index in [1.807, 2.05) is 10.8 Å². The lowest BCUT2D eigenvalue weighted by molar-refractivity contribution is 0.215. The summed E-state index contributed by atoms with van der Waals surface area (Å²) in [4.78, 5) is 20.1. The number of nitrogens with zero attached hydrogens (tertiary/aromatic N) is 3. The summed E-state index contributed by atoms with van der Waals surface area (Å²) in [7, 11) is 0. The summed E-state index contributed by atoms with van der Waals surface area (Å²) in [6, 6.07) is 6.66. The van der Waals surface area contributed by atoms with Crippen LogP contribution in [0.25, 0.3) is 0 Å². The highest BCUT2D eigenvalue weighted by atomic mass is 16.5. The Balaban J connectivity index is 1.03. The van der Waals surface area contributed by atoms with Gasteiger partial charge in [-0.15, -0.1) is 0 Å². The number of fused-ring (bicyclic) bond motifs is 2. The zero-order chi connectivity index (χ0) is 25.0. The third-order valence-corrected chi connectivity index (χ3v) is 9.20. The lowest BCUT2D eigenvalue weighted by Crippen LogP contribution is -2.31. The molecule has 1 aromatic heterocycles. The van der Waals surface area contributed by atoms with Crippen LogP contribution in [0.2, 0.25) is 0 Å². The number of benzene rings is 1. The van der Waals surface area contributed by atoms with Gasteiger partial charge < -0.3 is 20.3 Å². The van der Waals surface area contributed by atoms with Crippen molar-refractivity contribution in [3.05, 3.63) is 40.4 Å². The van der Waals surface area contributed by atoms with Crippen molar-refractivity contribution in [2.24, 2.45) is 5.92 Å². The number of piperidine rings is 2. The van der Waals surface area contributed by atoms with Crippen molar-refractivity contribution >= 4 is 11.5 Å². The molecule has 0 bridgehead atoms. The average molecular weight is 506 g/mol. The van der Waals surface area contributed by atoms with E-state index in [0.717, 1.165) is 56.1 Å². The van der Waals surface area contributed by atoms with E-state index >= 15 is 0 Å². The molecule has 2 aromatic rings. The van der Waals surface area contributed by atoms with Crippen molar-refractivity contribution in [1.29, 1.82) is 0 Å². The third-order valence-electron chi connectivity index (χ3n) is 9.20. The molecular formula is C30H43N5O2. The Labute approximate surface area is 221 Å². The molecule has 2 N–H and O–H groups in total. The van der Waals surface area contributed by atoms with Crippen LogP contribution in [0.3, 0.4) is 0 Å². The quantitative estimate of drug-likeness (QED) is 0.387. The molecule has 3 fully saturated rings. The molecule has 1 aromatic carbocycles. The van der Waals surface area contributed by atoms with Crippen molar-refractivity contribution < 1.29 is 4.74 Å². The molecule has 2 saturated heterocycles. The van der Waals surface area contributed by atoms with Gasteiger partial charge in [0.25, 0.3) is 0 Å². The van der Waals surface area contributed by atoms with Crippen LogP contribution in [0.1, 0.15) is 94.6 Å². The largest absolute Gasteiger partial charge is 0.450 e. The van der Waals surface area contributed by atoms with Gasteiger partial charge in [0.15, 0.2) is 17.3 Å². The Kier molecular flexibility index (Phi) is 7.79. The molecule has 1 saturated carbocycles. The summed E-state index contributed by atoms with van der Waals surface area (Å²) in [5.74, 6) is 3.38. The van der Waals surface area contributed by atoms with Gasteiger partial charge in [0.1, 0.15) is 0 Å². The number of anilines is 2. The highest BCUT2D eigenvalue weighted by Crippen LogP contribution is 2.43. The van der Waals surface area contributed by atoms with Crippen LogP contribution in [0.4, 0.5) is 11.5 Å². The zero-order valence-electron chi connectivity index (χ0n) is 22.2. The van der Waals surface area contributed by atoms with E-state index < -0.39 is 0 Å². The van der Waals surface area contributed by atoms with Crippen LogP contribution in [0.5, 0.6) is 11.5 Å². The van der Waals surface area contributed by atoms with E-state index in [2.05, 4.69) is 38.7 Å². The molecule has 200 valence electrons. The minimum absolute atomic E-state index is 0.169. The summed E-state index contributed by atoms with van der Waals surface area (Å²) >= 11 is 0. The molecule has 0 spiro atoms. The predicted octanol–water partition coefficient (Wildman–Crippen LogP) is 5.95. The van der Waals surface area contributed by atoms with Crippen LogP contribution < -0.4 is 21.1 Å². The van der Waals surface area contributed by atoms with Gasteiger partial charge in [-0.3, -0.25) is 4.57 Å². The van der Waals surface area contributed by atoms with Gasteiger partial charge in [-0.2, -0.15) is 4.98 Å². The fraction of sp³-hybridized carbons (Fsp3) is 0.667. The normalized spacial score (nSPS) is 24.5. The number of nitrogens with one attached hydrogen (secondary N) is 2. The lowest BCUT2D eigenvalue weighted by atomic mass is 9.83. The summed E-state index contributed by atoms with van der Waals surface area (Å²) in [6.07, 6.45) is 16.9. The monoisotopic (exact) mass is 505 g/mol. The maximum absolute atomic E-state index is 13.0. The topological polar surface area (TPSA) is 71.4 Å². The van der Waals surface area contributed by atoms with E-state index in [4.69, 9.17) is 4.74 Å². The molecule has 4 aliphatic rings. The first-order chi connectivity index (χ1) is 18.2. The van der Waals surface area contributed by atoms with Crippen LogP contribution in [0, 0.1) is 5.92 Å². The minimum atomic E-state index is -0.169. The highest BCUT2D eigenvalue weighted by Gasteiger charge is 2.27. The van der Waals surface area contributed by atoms with Gasteiger partial charge in [-0.1, -0.05) is 25.3 Å². The Hall–Kier alpha value is -2.38. The number of hydrogen-bond donors (Lipinski definition) is 2. The minimum Gasteiger partial charge on any atom is -0.450 e. The van der Waals surface area contributed by atoms with Gasteiger partial charge in [0.05, 0.1) is 11.9 Å². The summed E-state index contributed by atoms with van der Waals surface area (Å²) in [5, 5.41) is 6.82. The molecule has 7 heteroatoms. The summed E-state index contributed by atoms with van der Waals surface area (Å²) in [5.41, 5.74) is 2.07. The first-order valence-electron chi connectivity index (χ1n) is 14.9. The van der Waals surface area contributed by atoms with Crippen molar-refractivity contribution in [2.75, 3.05) is 38.0 Å². The maximum Gasteiger partial charge on any atom is 0.350 e. The molecule has 3 aliphatic heterocycles. The Bertz CT molecular complexity index is 1110. The Morgan fingerprint density at radius 1 is 0.946 bits per heavy atom. The van der Waals surface area contributed by atoms with Crippen LogP contribution in [-0.4, -0.2) is 47.2 Å². The molecule has 0 radical (unpaired) electrons. The molecular weight excluding hydrogens is 462 g/mol. The standard InChI is InChI=1S/C30H43N5O2/c36-30-33-29-28(37-27-12-9-24(20-26(27)32-29)23-13-15-31-16-14-23)21-35(30)25-10-7-22(8-11-25)6-2-5-19-34-17-3-1-4-18-34/h9,12,20-23,25,31H,1-8,10-11,13-19H2,(H,32,33,36). The van der Waals surface area contributed by atoms with E-state index in [9.17, 15) is 4.79 Å². The number of rotatable bonds is 7. The number of likely N-dealkylation sites (tertiary alicyclic amines) is 1. The SMILES string of the molecule is O=c1nc2c(cn1C1CCC(CCCCN3CCCCC3)CC1)Oc1ccc(C3CCNCC3)cc1N2. The van der Waals surface area contributed by atoms with Gasteiger partial charge in [-0.05, 0) is 120 Å². The second-order valence-corrected chi connectivity index (χ2v) is 11.7. The van der Waals surface area contributed by atoms with Crippen LogP contribution >= 0.6 is 0 Å². The van der Waals surface area contributed by atoms with E-state index in [-0.39, 0.29) is 11.7 Å². The lowest BCUT2D eigenvalue weighted by Gasteiger charge is -2.31. The number of ether oxygens (including phenoxy) is 1. The molecule has 0 unspecified atom stereocenters. The molecule has 0 atom stereocenters. The van der Waals surface area contributed by atoms with Gasteiger partial charge in [0, 0.05) is 6.04 Å². The maximum atomic E-state index is 13.0. The smallest absolute Gasteiger partial charge is 0.350 e. The average Bonchev–Trinajstić information content (AvgIpc) is 2.95. The number of hydrogen-bond acceptors (Lipinski definition) is 6. The summed E-state index contributed by atoms with van der Waals surface area (Å²) in [6.45, 7) is 6.02. The first kappa shape index (κ1) is 24.9. The fourth-order valence-electron chi connectivity index (χ4n) is 6.93. The van der Waals surface area contributed by atoms with Crippen molar-refractivity contribution in [3.63, 3.8) is 0 Å². The molecule has 1 aliphatic carbocycles. The third kappa shape index (κ3) is 5.88. The van der Waals surface area contributed by atoms with Crippen LogP contribution in [0.15, 0.2) is 29.2 Å². The second-order valence-electron chi connectivity index (χ2n) is 11.7. The van der Waals surface area contributed by atoms with Crippen molar-refractivity contribution in [2.45, 2.75) is 89.0 Å². The Morgan fingerprint density at radius 3 is 2.57 bits per heavy atom. The van der Waals surface area contributed by atoms with Crippen molar-refractivity contribution in [3.8, 4) is 11.5 Å². The number of unbranched alkanes of at least 4 members (excludes halogenated alkanes) is 1. The predicted molar refractivity (Wildman–Crippen MR) is 148 cm³/mol.